The van der Waals surface area contributed by atoms with Crippen LogP contribution in [-0.2, 0) is 22.6 Å². The van der Waals surface area contributed by atoms with Crippen LogP contribution in [-0.4, -0.2) is 34.3 Å². The van der Waals surface area contributed by atoms with Crippen molar-refractivity contribution in [1.82, 2.24) is 9.88 Å². The summed E-state index contributed by atoms with van der Waals surface area (Å²) in [7, 11) is 0. The summed E-state index contributed by atoms with van der Waals surface area (Å²) >= 11 is 1.45. The largest absolute Gasteiger partial charge is 0.369 e. The molecule has 140 valence electrons. The molecule has 1 heterocycles. The van der Waals surface area contributed by atoms with Crippen molar-refractivity contribution in [2.24, 2.45) is 5.73 Å². The third-order valence-electron chi connectivity index (χ3n) is 4.03. The number of carbonyl (C=O) groups excluding carboxylic acids is 2. The van der Waals surface area contributed by atoms with Gasteiger partial charge in [-0.15, -0.1) is 11.3 Å². The quantitative estimate of drug-likeness (QED) is 0.743. The Kier molecular flexibility index (Phi) is 6.88. The number of rotatable bonds is 8. The van der Waals surface area contributed by atoms with Crippen molar-refractivity contribution in [3.8, 4) is 0 Å². The van der Waals surface area contributed by atoms with Crippen LogP contribution in [0.15, 0.2) is 23.6 Å². The average molecular weight is 375 g/mol. The summed E-state index contributed by atoms with van der Waals surface area (Å²) in [5, 5.41) is 5.63. The highest BCUT2D eigenvalue weighted by molar-refractivity contribution is 7.09. The fourth-order valence-corrected chi connectivity index (χ4v) is 3.32. The number of thiazole rings is 1. The summed E-state index contributed by atoms with van der Waals surface area (Å²) in [6.07, 6.45) is 0.232. The molecule has 6 nitrogen and oxygen atoms in total. The maximum Gasteiger partial charge on any atom is 0.231 e. The number of anilines is 1. The molecule has 3 N–H and O–H groups in total. The van der Waals surface area contributed by atoms with Crippen LogP contribution in [0.2, 0.25) is 0 Å². The lowest BCUT2D eigenvalue weighted by atomic mass is 10.1. The zero-order valence-electron chi connectivity index (χ0n) is 15.7. The van der Waals surface area contributed by atoms with E-state index in [1.54, 1.807) is 0 Å². The Morgan fingerprint density at radius 1 is 1.31 bits per heavy atom. The van der Waals surface area contributed by atoms with E-state index < -0.39 is 0 Å². The number of primary amides is 1. The molecule has 0 fully saturated rings. The molecule has 0 unspecified atom stereocenters. The van der Waals surface area contributed by atoms with Gasteiger partial charge < -0.3 is 11.1 Å². The van der Waals surface area contributed by atoms with Gasteiger partial charge in [0.05, 0.1) is 18.7 Å². The fourth-order valence-electron chi connectivity index (χ4n) is 2.53. The minimum absolute atomic E-state index is 0.0857. The zero-order chi connectivity index (χ0) is 19.3. The number of nitrogens with one attached hydrogen (secondary N) is 1. The molecule has 2 aromatic rings. The number of amides is 2. The maximum absolute atomic E-state index is 12.3. The van der Waals surface area contributed by atoms with E-state index in [2.05, 4.69) is 10.3 Å². The van der Waals surface area contributed by atoms with E-state index in [1.165, 1.54) is 11.3 Å². The molecule has 1 aromatic carbocycles. The van der Waals surface area contributed by atoms with Gasteiger partial charge in [0.15, 0.2) is 0 Å². The zero-order valence-corrected chi connectivity index (χ0v) is 16.5. The Bertz CT molecular complexity index is 786. The molecule has 0 aliphatic heterocycles. The molecule has 0 bridgehead atoms. The van der Waals surface area contributed by atoms with Crippen LogP contribution in [0.25, 0.3) is 0 Å². The van der Waals surface area contributed by atoms with Gasteiger partial charge in [0, 0.05) is 23.7 Å². The van der Waals surface area contributed by atoms with Gasteiger partial charge in [-0.1, -0.05) is 12.1 Å². The molecule has 26 heavy (non-hydrogen) atoms. The minimum atomic E-state index is -0.359. The first kappa shape index (κ1) is 20.1. The van der Waals surface area contributed by atoms with Gasteiger partial charge in [-0.2, -0.15) is 0 Å². The number of aromatic nitrogens is 1. The SMILES string of the molecule is Cc1ccc(C)c(NC(=O)Cc2nc(CN(CC(N)=O)C(C)C)cs2)c1. The van der Waals surface area contributed by atoms with E-state index in [4.69, 9.17) is 5.73 Å². The smallest absolute Gasteiger partial charge is 0.231 e. The summed E-state index contributed by atoms with van der Waals surface area (Å²) in [6.45, 7) is 8.71. The van der Waals surface area contributed by atoms with Gasteiger partial charge in [-0.05, 0) is 44.9 Å². The number of benzene rings is 1. The number of aryl methyl sites for hydroxylation is 2. The number of hydrogen-bond donors (Lipinski definition) is 2. The Morgan fingerprint density at radius 3 is 2.69 bits per heavy atom. The van der Waals surface area contributed by atoms with Crippen molar-refractivity contribution >= 4 is 28.8 Å². The topological polar surface area (TPSA) is 88.3 Å². The van der Waals surface area contributed by atoms with E-state index in [1.807, 2.05) is 56.2 Å². The summed E-state index contributed by atoms with van der Waals surface area (Å²) in [5.74, 6) is -0.445. The van der Waals surface area contributed by atoms with Gasteiger partial charge in [-0.3, -0.25) is 14.5 Å². The highest BCUT2D eigenvalue weighted by Gasteiger charge is 2.15. The summed E-state index contributed by atoms with van der Waals surface area (Å²) in [4.78, 5) is 30.0. The first-order chi connectivity index (χ1) is 12.2. The van der Waals surface area contributed by atoms with Crippen molar-refractivity contribution in [1.29, 1.82) is 0 Å². The molecule has 0 aliphatic carbocycles. The van der Waals surface area contributed by atoms with Gasteiger partial charge >= 0.3 is 0 Å². The predicted octanol–water partition coefficient (Wildman–Crippen LogP) is 2.64. The molecule has 0 aliphatic rings. The minimum Gasteiger partial charge on any atom is -0.369 e. The first-order valence-electron chi connectivity index (χ1n) is 8.57. The fraction of sp³-hybridized carbons (Fsp3) is 0.421. The highest BCUT2D eigenvalue weighted by atomic mass is 32.1. The second-order valence-corrected chi connectivity index (χ2v) is 7.68. The molecule has 0 atom stereocenters. The summed E-state index contributed by atoms with van der Waals surface area (Å²) < 4.78 is 0. The van der Waals surface area contributed by atoms with Gasteiger partial charge in [0.2, 0.25) is 11.8 Å². The lowest BCUT2D eigenvalue weighted by molar-refractivity contribution is -0.119. The van der Waals surface area contributed by atoms with E-state index in [9.17, 15) is 9.59 Å². The van der Waals surface area contributed by atoms with Crippen LogP contribution >= 0.6 is 11.3 Å². The molecule has 2 rings (SSSR count). The third-order valence-corrected chi connectivity index (χ3v) is 4.93. The summed E-state index contributed by atoms with van der Waals surface area (Å²) in [6, 6.07) is 6.15. The third kappa shape index (κ3) is 5.93. The number of carbonyl (C=O) groups is 2. The Hall–Kier alpha value is -2.25. The van der Waals surface area contributed by atoms with Crippen molar-refractivity contribution in [3.05, 3.63) is 45.4 Å². The van der Waals surface area contributed by atoms with Crippen LogP contribution in [0.1, 0.15) is 35.7 Å². The van der Waals surface area contributed by atoms with Crippen molar-refractivity contribution in [3.63, 3.8) is 0 Å². The monoisotopic (exact) mass is 374 g/mol. The molecule has 0 saturated heterocycles. The Labute approximate surface area is 158 Å². The van der Waals surface area contributed by atoms with Gasteiger partial charge in [0.25, 0.3) is 0 Å². The number of nitrogens with two attached hydrogens (primary N) is 1. The predicted molar refractivity (Wildman–Crippen MR) is 105 cm³/mol. The van der Waals surface area contributed by atoms with E-state index in [0.29, 0.717) is 6.54 Å². The molecular formula is C19H26N4O2S. The lowest BCUT2D eigenvalue weighted by Gasteiger charge is -2.23. The standard InChI is InChI=1S/C19H26N4O2S/c1-12(2)23(10-17(20)24)9-15-11-26-19(21-15)8-18(25)22-16-7-13(3)5-6-14(16)4/h5-7,11-12H,8-10H2,1-4H3,(H2,20,24)(H,22,25). The normalized spacial score (nSPS) is 11.2. The molecule has 7 heteroatoms. The Balaban J connectivity index is 1.97. The van der Waals surface area contributed by atoms with Crippen molar-refractivity contribution < 1.29 is 9.59 Å². The second-order valence-electron chi connectivity index (χ2n) is 6.74. The van der Waals surface area contributed by atoms with Gasteiger partial charge in [-0.25, -0.2) is 4.98 Å². The van der Waals surface area contributed by atoms with Crippen molar-refractivity contribution in [2.45, 2.75) is 46.7 Å². The molecule has 2 amide bonds. The molecule has 0 saturated carbocycles. The number of nitrogens with zero attached hydrogens (tertiary/aromatic N) is 2. The van der Waals surface area contributed by atoms with E-state index >= 15 is 0 Å². The van der Waals surface area contributed by atoms with Crippen LogP contribution in [0.3, 0.4) is 0 Å². The molecule has 1 aromatic heterocycles. The Morgan fingerprint density at radius 2 is 2.04 bits per heavy atom. The lowest BCUT2D eigenvalue weighted by Crippen LogP contribution is -2.38. The highest BCUT2D eigenvalue weighted by Crippen LogP contribution is 2.18. The van der Waals surface area contributed by atoms with Crippen LogP contribution in [0.5, 0.6) is 0 Å². The van der Waals surface area contributed by atoms with Crippen LogP contribution in [0, 0.1) is 13.8 Å². The number of hydrogen-bond acceptors (Lipinski definition) is 5. The van der Waals surface area contributed by atoms with Crippen LogP contribution < -0.4 is 11.1 Å². The van der Waals surface area contributed by atoms with E-state index in [0.717, 1.165) is 27.5 Å². The summed E-state index contributed by atoms with van der Waals surface area (Å²) in [5.41, 5.74) is 9.11. The average Bonchev–Trinajstić information content (AvgIpc) is 2.96. The first-order valence-corrected chi connectivity index (χ1v) is 9.45. The maximum atomic E-state index is 12.3. The molecule has 0 radical (unpaired) electrons. The van der Waals surface area contributed by atoms with E-state index in [-0.39, 0.29) is 30.8 Å². The molecular weight excluding hydrogens is 348 g/mol. The van der Waals surface area contributed by atoms with Gasteiger partial charge in [0.1, 0.15) is 5.01 Å². The van der Waals surface area contributed by atoms with Crippen molar-refractivity contribution in [2.75, 3.05) is 11.9 Å². The van der Waals surface area contributed by atoms with Crippen LogP contribution in [0.4, 0.5) is 5.69 Å². The second kappa shape index (κ2) is 8.91. The molecule has 0 spiro atoms.